The number of hydrogen-bond acceptors (Lipinski definition) is 4. The Labute approximate surface area is 122 Å². The number of anilines is 1. The van der Waals surface area contributed by atoms with Crippen molar-refractivity contribution in [2.45, 2.75) is 6.92 Å². The van der Waals surface area contributed by atoms with Gasteiger partial charge in [-0.05, 0) is 30.7 Å². The summed E-state index contributed by atoms with van der Waals surface area (Å²) in [5.41, 5.74) is 1.29. The molecule has 0 bridgehead atoms. The fourth-order valence-corrected chi connectivity index (χ4v) is 3.25. The van der Waals surface area contributed by atoms with E-state index in [2.05, 4.69) is 5.32 Å². The number of sulfone groups is 1. The van der Waals surface area contributed by atoms with Crippen LogP contribution in [0.25, 0.3) is 0 Å². The summed E-state index contributed by atoms with van der Waals surface area (Å²) in [6.45, 7) is 2.03. The van der Waals surface area contributed by atoms with Crippen LogP contribution < -0.4 is 5.32 Å². The lowest BCUT2D eigenvalue weighted by Crippen LogP contribution is -2.45. The number of hydrogen-bond donors (Lipinski definition) is 2. The van der Waals surface area contributed by atoms with Crippen molar-refractivity contribution in [3.05, 3.63) is 29.3 Å². The van der Waals surface area contributed by atoms with Crippen LogP contribution in [0.1, 0.15) is 15.9 Å². The second-order valence-electron chi connectivity index (χ2n) is 4.90. The number of carboxylic acids is 1. The lowest BCUT2D eigenvalue weighted by Gasteiger charge is -2.27. The van der Waals surface area contributed by atoms with Gasteiger partial charge >= 0.3 is 12.0 Å². The Bertz CT molecular complexity index is 670. The van der Waals surface area contributed by atoms with Gasteiger partial charge in [0.2, 0.25) is 0 Å². The van der Waals surface area contributed by atoms with Gasteiger partial charge in [-0.25, -0.2) is 18.0 Å². The fourth-order valence-electron chi connectivity index (χ4n) is 2.05. The van der Waals surface area contributed by atoms with Crippen LogP contribution >= 0.6 is 0 Å². The van der Waals surface area contributed by atoms with Gasteiger partial charge in [-0.3, -0.25) is 0 Å². The SMILES string of the molecule is Cc1cc(C(=O)O)ccc1NC(=O)N1CCS(=O)(=O)CC1. The van der Waals surface area contributed by atoms with Crippen LogP contribution in [0.4, 0.5) is 10.5 Å². The Morgan fingerprint density at radius 3 is 2.38 bits per heavy atom. The molecule has 0 spiro atoms. The predicted molar refractivity (Wildman–Crippen MR) is 77.4 cm³/mol. The number of urea groups is 1. The van der Waals surface area contributed by atoms with Crippen molar-refractivity contribution in [2.24, 2.45) is 0 Å². The zero-order valence-corrected chi connectivity index (χ0v) is 12.3. The largest absolute Gasteiger partial charge is 0.478 e. The van der Waals surface area contributed by atoms with E-state index in [1.165, 1.54) is 23.1 Å². The molecule has 21 heavy (non-hydrogen) atoms. The summed E-state index contributed by atoms with van der Waals surface area (Å²) in [5, 5.41) is 11.6. The Balaban J connectivity index is 2.05. The Morgan fingerprint density at radius 2 is 1.86 bits per heavy atom. The number of carbonyl (C=O) groups excluding carboxylic acids is 1. The maximum atomic E-state index is 12.1. The lowest BCUT2D eigenvalue weighted by molar-refractivity contribution is 0.0696. The molecule has 114 valence electrons. The number of nitrogens with one attached hydrogen (secondary N) is 1. The maximum absolute atomic E-state index is 12.1. The van der Waals surface area contributed by atoms with Crippen molar-refractivity contribution < 1.29 is 23.1 Å². The first-order chi connectivity index (χ1) is 9.78. The van der Waals surface area contributed by atoms with Crippen molar-refractivity contribution in [2.75, 3.05) is 29.9 Å². The zero-order valence-electron chi connectivity index (χ0n) is 11.5. The third-order valence-corrected chi connectivity index (χ3v) is 4.96. The summed E-state index contributed by atoms with van der Waals surface area (Å²) < 4.78 is 22.6. The lowest BCUT2D eigenvalue weighted by atomic mass is 10.1. The second kappa shape index (κ2) is 5.72. The van der Waals surface area contributed by atoms with Crippen molar-refractivity contribution in [3.8, 4) is 0 Å². The monoisotopic (exact) mass is 312 g/mol. The van der Waals surface area contributed by atoms with E-state index in [0.29, 0.717) is 11.3 Å². The number of aromatic carboxylic acids is 1. The molecule has 1 fully saturated rings. The number of nitrogens with zero attached hydrogens (tertiary/aromatic N) is 1. The average molecular weight is 312 g/mol. The molecule has 1 aliphatic rings. The number of aryl methyl sites for hydroxylation is 1. The summed E-state index contributed by atoms with van der Waals surface area (Å²) in [6, 6.07) is 4.03. The van der Waals surface area contributed by atoms with Gasteiger partial charge in [0, 0.05) is 18.8 Å². The number of amides is 2. The highest BCUT2D eigenvalue weighted by atomic mass is 32.2. The quantitative estimate of drug-likeness (QED) is 0.846. The topological polar surface area (TPSA) is 104 Å². The Kier molecular flexibility index (Phi) is 4.17. The van der Waals surface area contributed by atoms with E-state index < -0.39 is 15.8 Å². The number of carboxylic acid groups (broad SMARTS) is 1. The van der Waals surface area contributed by atoms with Crippen molar-refractivity contribution in [1.29, 1.82) is 0 Å². The molecule has 1 saturated heterocycles. The maximum Gasteiger partial charge on any atom is 0.335 e. The highest BCUT2D eigenvalue weighted by Gasteiger charge is 2.25. The minimum absolute atomic E-state index is 0.0304. The third-order valence-electron chi connectivity index (χ3n) is 3.35. The van der Waals surface area contributed by atoms with E-state index >= 15 is 0 Å². The van der Waals surface area contributed by atoms with Gasteiger partial charge in [-0.2, -0.15) is 0 Å². The summed E-state index contributed by atoms with van der Waals surface area (Å²) in [7, 11) is -3.03. The summed E-state index contributed by atoms with van der Waals surface area (Å²) in [6.07, 6.45) is 0. The minimum atomic E-state index is -3.03. The third kappa shape index (κ3) is 3.72. The van der Waals surface area contributed by atoms with E-state index in [1.54, 1.807) is 6.92 Å². The Morgan fingerprint density at radius 1 is 1.24 bits per heavy atom. The molecule has 1 aromatic rings. The minimum Gasteiger partial charge on any atom is -0.478 e. The highest BCUT2D eigenvalue weighted by Crippen LogP contribution is 2.17. The van der Waals surface area contributed by atoms with Crippen LogP contribution in [-0.2, 0) is 9.84 Å². The first-order valence-electron chi connectivity index (χ1n) is 6.39. The van der Waals surface area contributed by atoms with Gasteiger partial charge in [-0.1, -0.05) is 0 Å². The van der Waals surface area contributed by atoms with Gasteiger partial charge in [0.1, 0.15) is 0 Å². The zero-order chi connectivity index (χ0) is 15.6. The smallest absolute Gasteiger partial charge is 0.335 e. The summed E-state index contributed by atoms with van der Waals surface area (Å²) in [5.74, 6) is -1.09. The van der Waals surface area contributed by atoms with E-state index in [4.69, 9.17) is 5.11 Å². The fraction of sp³-hybridized carbons (Fsp3) is 0.385. The molecule has 0 atom stereocenters. The van der Waals surface area contributed by atoms with Crippen LogP contribution in [0.5, 0.6) is 0 Å². The molecule has 2 rings (SSSR count). The first kappa shape index (κ1) is 15.3. The number of rotatable bonds is 2. The van der Waals surface area contributed by atoms with E-state index in [-0.39, 0.29) is 36.2 Å². The van der Waals surface area contributed by atoms with Crippen LogP contribution in [0.2, 0.25) is 0 Å². The van der Waals surface area contributed by atoms with Crippen molar-refractivity contribution in [3.63, 3.8) is 0 Å². The molecule has 2 amide bonds. The van der Waals surface area contributed by atoms with Crippen molar-refractivity contribution in [1.82, 2.24) is 4.90 Å². The number of carbonyl (C=O) groups is 2. The van der Waals surface area contributed by atoms with E-state index in [0.717, 1.165) is 0 Å². The van der Waals surface area contributed by atoms with Crippen molar-refractivity contribution >= 4 is 27.5 Å². The highest BCUT2D eigenvalue weighted by molar-refractivity contribution is 7.91. The van der Waals surface area contributed by atoms with Crippen LogP contribution in [0, 0.1) is 6.92 Å². The van der Waals surface area contributed by atoms with Gasteiger partial charge in [-0.15, -0.1) is 0 Å². The molecule has 0 aromatic heterocycles. The number of benzene rings is 1. The average Bonchev–Trinajstić information content (AvgIpc) is 2.40. The molecule has 1 aliphatic heterocycles. The summed E-state index contributed by atoms with van der Waals surface area (Å²) >= 11 is 0. The molecule has 7 nitrogen and oxygen atoms in total. The van der Waals surface area contributed by atoms with Gasteiger partial charge in [0.05, 0.1) is 17.1 Å². The molecule has 0 unspecified atom stereocenters. The van der Waals surface area contributed by atoms with E-state index in [9.17, 15) is 18.0 Å². The first-order valence-corrected chi connectivity index (χ1v) is 8.21. The molecular formula is C13H16N2O5S. The Hall–Kier alpha value is -2.09. The van der Waals surface area contributed by atoms with Crippen LogP contribution in [-0.4, -0.2) is 55.0 Å². The molecule has 2 N–H and O–H groups in total. The molecule has 0 radical (unpaired) electrons. The van der Waals surface area contributed by atoms with Crippen LogP contribution in [0.15, 0.2) is 18.2 Å². The molecule has 1 aromatic carbocycles. The van der Waals surface area contributed by atoms with E-state index in [1.807, 2.05) is 0 Å². The molecule has 8 heteroatoms. The summed E-state index contributed by atoms with van der Waals surface area (Å²) in [4.78, 5) is 24.3. The second-order valence-corrected chi connectivity index (χ2v) is 7.21. The molecule has 0 aliphatic carbocycles. The van der Waals surface area contributed by atoms with Gasteiger partial charge < -0.3 is 15.3 Å². The molecule has 0 saturated carbocycles. The predicted octanol–water partition coefficient (Wildman–Crippen LogP) is 0.956. The molecule has 1 heterocycles. The standard InChI is InChI=1S/C13H16N2O5S/c1-9-8-10(12(16)17)2-3-11(9)14-13(18)15-4-6-21(19,20)7-5-15/h2-3,8H,4-7H2,1H3,(H,14,18)(H,16,17). The normalized spacial score (nSPS) is 17.3. The molecular weight excluding hydrogens is 296 g/mol. The van der Waals surface area contributed by atoms with Crippen LogP contribution in [0.3, 0.4) is 0 Å². The van der Waals surface area contributed by atoms with Gasteiger partial charge in [0.25, 0.3) is 0 Å². The van der Waals surface area contributed by atoms with Gasteiger partial charge in [0.15, 0.2) is 9.84 Å².